The smallest absolute Gasteiger partial charge is 0.748 e. The standard InChI is InChI=1S/C12H26O4S.K/c1-3-5-6-8-12(17(14,15)16)10-9-11(13)7-4-2;/h11-13H,3-10H2,1-2H3,(H,14,15,16);/q;+1/p-1. The predicted molar refractivity (Wildman–Crippen MR) is 67.8 cm³/mol. The molecule has 2 unspecified atom stereocenters. The molecule has 0 spiro atoms. The van der Waals surface area contributed by atoms with Gasteiger partial charge < -0.3 is 9.66 Å². The van der Waals surface area contributed by atoms with Gasteiger partial charge in [-0.2, -0.15) is 0 Å². The summed E-state index contributed by atoms with van der Waals surface area (Å²) < 4.78 is 33.2. The molecule has 2 atom stereocenters. The van der Waals surface area contributed by atoms with Crippen LogP contribution in [0.15, 0.2) is 0 Å². The molecule has 0 aromatic carbocycles. The zero-order chi connectivity index (χ0) is 13.3. The van der Waals surface area contributed by atoms with Gasteiger partial charge in [0.2, 0.25) is 0 Å². The van der Waals surface area contributed by atoms with Crippen molar-refractivity contribution in [3.8, 4) is 0 Å². The molecule has 0 aliphatic rings. The molecule has 0 rings (SSSR count). The van der Waals surface area contributed by atoms with Gasteiger partial charge in [0.25, 0.3) is 0 Å². The van der Waals surface area contributed by atoms with Gasteiger partial charge in [0.15, 0.2) is 0 Å². The quantitative estimate of drug-likeness (QED) is 0.333. The summed E-state index contributed by atoms with van der Waals surface area (Å²) in [5.41, 5.74) is 0. The van der Waals surface area contributed by atoms with Crippen LogP contribution < -0.4 is 51.4 Å². The Balaban J connectivity index is 0. The maximum atomic E-state index is 11.1. The van der Waals surface area contributed by atoms with Gasteiger partial charge in [-0.15, -0.1) is 0 Å². The average Bonchev–Trinajstić information content (AvgIpc) is 2.21. The third kappa shape index (κ3) is 11.3. The summed E-state index contributed by atoms with van der Waals surface area (Å²) in [5.74, 6) is 0. The Bertz CT molecular complexity index is 280. The molecule has 4 nitrogen and oxygen atoms in total. The van der Waals surface area contributed by atoms with Gasteiger partial charge in [-0.1, -0.05) is 39.5 Å². The molecule has 6 heteroatoms. The van der Waals surface area contributed by atoms with Crippen LogP contribution in [0.1, 0.15) is 65.2 Å². The van der Waals surface area contributed by atoms with Crippen LogP contribution in [0.4, 0.5) is 0 Å². The zero-order valence-electron chi connectivity index (χ0n) is 11.9. The van der Waals surface area contributed by atoms with Crippen LogP contribution in [-0.4, -0.2) is 29.4 Å². The molecule has 0 fully saturated rings. The first kappa shape index (κ1) is 21.8. The molecular weight excluding hydrogens is 279 g/mol. The molecule has 0 radical (unpaired) electrons. The van der Waals surface area contributed by atoms with Crippen LogP contribution in [0.2, 0.25) is 0 Å². The van der Waals surface area contributed by atoms with Crippen molar-refractivity contribution in [2.75, 3.05) is 0 Å². The van der Waals surface area contributed by atoms with E-state index in [9.17, 15) is 18.1 Å². The Hall–Kier alpha value is 1.51. The minimum Gasteiger partial charge on any atom is -0.748 e. The fourth-order valence-electron chi connectivity index (χ4n) is 1.91. The van der Waals surface area contributed by atoms with E-state index in [1.165, 1.54) is 0 Å². The maximum Gasteiger partial charge on any atom is 1.00 e. The van der Waals surface area contributed by atoms with Gasteiger partial charge in [-0.3, -0.25) is 0 Å². The van der Waals surface area contributed by atoms with Gasteiger partial charge in [0.1, 0.15) is 0 Å². The van der Waals surface area contributed by atoms with Gasteiger partial charge >= 0.3 is 51.4 Å². The Morgan fingerprint density at radius 3 is 2.06 bits per heavy atom. The first-order chi connectivity index (χ1) is 7.91. The van der Waals surface area contributed by atoms with E-state index in [0.29, 0.717) is 19.3 Å². The number of hydrogen-bond acceptors (Lipinski definition) is 4. The second-order valence-corrected chi connectivity index (χ2v) is 6.28. The van der Waals surface area contributed by atoms with Gasteiger partial charge in [-0.05, 0) is 25.7 Å². The molecule has 0 aliphatic heterocycles. The minimum absolute atomic E-state index is 0. The molecule has 1 N–H and O–H groups in total. The average molecular weight is 304 g/mol. The number of unbranched alkanes of at least 4 members (excludes halogenated alkanes) is 2. The molecule has 0 aromatic heterocycles. The summed E-state index contributed by atoms with van der Waals surface area (Å²) in [4.78, 5) is 0. The Morgan fingerprint density at radius 2 is 1.61 bits per heavy atom. The second-order valence-electron chi connectivity index (χ2n) is 4.63. The SMILES string of the molecule is CCCCCC(CCC(O)CCC)S(=O)(=O)[O-].[K+]. The van der Waals surface area contributed by atoms with Crippen molar-refractivity contribution in [3.63, 3.8) is 0 Å². The van der Waals surface area contributed by atoms with E-state index in [0.717, 1.165) is 25.7 Å². The van der Waals surface area contributed by atoms with Crippen LogP contribution in [0.3, 0.4) is 0 Å². The summed E-state index contributed by atoms with van der Waals surface area (Å²) in [6, 6.07) is 0. The molecule has 0 aromatic rings. The van der Waals surface area contributed by atoms with E-state index in [4.69, 9.17) is 0 Å². The molecular formula is C12H25KO4S. The Morgan fingerprint density at radius 1 is 1.00 bits per heavy atom. The Labute approximate surface area is 154 Å². The van der Waals surface area contributed by atoms with E-state index in [-0.39, 0.29) is 57.8 Å². The van der Waals surface area contributed by atoms with Crippen LogP contribution in [0, 0.1) is 0 Å². The zero-order valence-corrected chi connectivity index (χ0v) is 15.8. The van der Waals surface area contributed by atoms with Crippen molar-refractivity contribution in [1.82, 2.24) is 0 Å². The third-order valence-electron chi connectivity index (χ3n) is 2.98. The fraction of sp³-hybridized carbons (Fsp3) is 1.00. The van der Waals surface area contributed by atoms with Gasteiger partial charge in [-0.25, -0.2) is 8.42 Å². The van der Waals surface area contributed by atoms with E-state index in [2.05, 4.69) is 0 Å². The van der Waals surface area contributed by atoms with E-state index in [1.807, 2.05) is 13.8 Å². The maximum absolute atomic E-state index is 11.1. The van der Waals surface area contributed by atoms with Crippen molar-refractivity contribution in [2.24, 2.45) is 0 Å². The molecule has 0 heterocycles. The number of rotatable bonds is 10. The van der Waals surface area contributed by atoms with Gasteiger partial charge in [0.05, 0.1) is 16.2 Å². The predicted octanol–water partition coefficient (Wildman–Crippen LogP) is -0.574. The summed E-state index contributed by atoms with van der Waals surface area (Å²) in [6.45, 7) is 4.00. The van der Waals surface area contributed by atoms with Crippen molar-refractivity contribution in [1.29, 1.82) is 0 Å². The fourth-order valence-corrected chi connectivity index (χ4v) is 2.79. The van der Waals surface area contributed by atoms with Crippen molar-refractivity contribution >= 4 is 10.1 Å². The normalized spacial score (nSPS) is 14.9. The van der Waals surface area contributed by atoms with Crippen LogP contribution in [0.25, 0.3) is 0 Å². The summed E-state index contributed by atoms with van der Waals surface area (Å²) in [7, 11) is -4.22. The summed E-state index contributed by atoms with van der Waals surface area (Å²) in [5, 5.41) is 8.72. The monoisotopic (exact) mass is 304 g/mol. The largest absolute Gasteiger partial charge is 1.00 e. The molecule has 18 heavy (non-hydrogen) atoms. The second kappa shape index (κ2) is 12.3. The summed E-state index contributed by atoms with van der Waals surface area (Å²) >= 11 is 0. The number of aliphatic hydroxyl groups excluding tert-OH is 1. The molecule has 0 aliphatic carbocycles. The third-order valence-corrected chi connectivity index (χ3v) is 4.27. The van der Waals surface area contributed by atoms with Crippen molar-refractivity contribution in [3.05, 3.63) is 0 Å². The first-order valence-corrected chi connectivity index (χ1v) is 8.01. The number of aliphatic hydroxyl groups is 1. The van der Waals surface area contributed by atoms with Crippen LogP contribution in [-0.2, 0) is 10.1 Å². The molecule has 104 valence electrons. The summed E-state index contributed by atoms with van der Waals surface area (Å²) in [6.07, 6.45) is 4.91. The van der Waals surface area contributed by atoms with Crippen LogP contribution >= 0.6 is 0 Å². The molecule has 0 bridgehead atoms. The Kier molecular flexibility index (Phi) is 14.9. The molecule has 0 saturated heterocycles. The number of hydrogen-bond donors (Lipinski definition) is 1. The van der Waals surface area contributed by atoms with E-state index < -0.39 is 21.5 Å². The van der Waals surface area contributed by atoms with E-state index in [1.54, 1.807) is 0 Å². The van der Waals surface area contributed by atoms with Gasteiger partial charge in [0, 0.05) is 5.25 Å². The van der Waals surface area contributed by atoms with Crippen molar-refractivity contribution in [2.45, 2.75) is 76.6 Å². The molecule has 0 amide bonds. The molecule has 0 saturated carbocycles. The minimum atomic E-state index is -4.22. The van der Waals surface area contributed by atoms with Crippen molar-refractivity contribution < 1.29 is 69.5 Å². The first-order valence-electron chi connectivity index (χ1n) is 6.54. The topological polar surface area (TPSA) is 77.4 Å². The van der Waals surface area contributed by atoms with E-state index >= 15 is 0 Å². The van der Waals surface area contributed by atoms with Crippen LogP contribution in [0.5, 0.6) is 0 Å².